The van der Waals surface area contributed by atoms with E-state index >= 15 is 0 Å². The van der Waals surface area contributed by atoms with Crippen LogP contribution in [-0.2, 0) is 17.9 Å². The molecule has 3 rings (SSSR count). The minimum absolute atomic E-state index is 0.139. The number of aromatic nitrogens is 2. The van der Waals surface area contributed by atoms with Crippen LogP contribution in [0.2, 0.25) is 0 Å². The second-order valence-corrected chi connectivity index (χ2v) is 7.05. The van der Waals surface area contributed by atoms with Gasteiger partial charge in [-0.25, -0.2) is 4.79 Å². The molecule has 28 heavy (non-hydrogen) atoms. The highest BCUT2D eigenvalue weighted by molar-refractivity contribution is 5.82. The Balaban J connectivity index is 1.99. The summed E-state index contributed by atoms with van der Waals surface area (Å²) in [5, 5.41) is 3.38. The summed E-state index contributed by atoms with van der Waals surface area (Å²) in [6.45, 7) is 5.89. The number of fused-ring (bicyclic) bond motifs is 1. The van der Waals surface area contributed by atoms with Crippen LogP contribution in [0.15, 0.2) is 58.1 Å². The van der Waals surface area contributed by atoms with E-state index in [1.54, 1.807) is 12.1 Å². The summed E-state index contributed by atoms with van der Waals surface area (Å²) < 4.78 is 2.61. The first-order chi connectivity index (χ1) is 13.4. The number of hydrogen-bond donors (Lipinski definition) is 1. The van der Waals surface area contributed by atoms with Crippen LogP contribution in [0.3, 0.4) is 0 Å². The van der Waals surface area contributed by atoms with Crippen molar-refractivity contribution in [2.24, 2.45) is 0 Å². The van der Waals surface area contributed by atoms with Crippen LogP contribution in [0, 0.1) is 6.92 Å². The number of carbonyl (C=O) groups is 1. The summed E-state index contributed by atoms with van der Waals surface area (Å²) >= 11 is 0. The third-order valence-electron chi connectivity index (χ3n) is 4.81. The molecule has 3 aromatic rings. The number of rotatable bonds is 6. The maximum absolute atomic E-state index is 12.9. The molecule has 0 bridgehead atoms. The highest BCUT2D eigenvalue weighted by atomic mass is 16.2. The summed E-state index contributed by atoms with van der Waals surface area (Å²) in [5.41, 5.74) is 1.64. The van der Waals surface area contributed by atoms with Crippen LogP contribution in [0.5, 0.6) is 0 Å². The molecule has 1 amide bonds. The van der Waals surface area contributed by atoms with Crippen molar-refractivity contribution < 1.29 is 4.79 Å². The Kier molecular flexibility index (Phi) is 5.78. The number of carbonyl (C=O) groups excluding carboxylic acids is 1. The summed E-state index contributed by atoms with van der Waals surface area (Å²) in [6, 6.07) is 14.8. The Bertz CT molecular complexity index is 1110. The van der Waals surface area contributed by atoms with E-state index in [4.69, 9.17) is 0 Å². The summed E-state index contributed by atoms with van der Waals surface area (Å²) in [4.78, 5) is 38.3. The molecule has 0 saturated carbocycles. The van der Waals surface area contributed by atoms with Gasteiger partial charge in [0.1, 0.15) is 6.54 Å². The summed E-state index contributed by atoms with van der Waals surface area (Å²) in [5.74, 6) is -0.276. The lowest BCUT2D eigenvalue weighted by Gasteiger charge is -2.17. The van der Waals surface area contributed by atoms with Gasteiger partial charge in [-0.3, -0.25) is 18.7 Å². The average molecular weight is 379 g/mol. The van der Waals surface area contributed by atoms with Crippen molar-refractivity contribution in [3.8, 4) is 0 Å². The van der Waals surface area contributed by atoms with Crippen molar-refractivity contribution in [1.82, 2.24) is 14.5 Å². The van der Waals surface area contributed by atoms with E-state index in [1.807, 2.05) is 57.2 Å². The van der Waals surface area contributed by atoms with Gasteiger partial charge in [-0.15, -0.1) is 0 Å². The number of benzene rings is 2. The monoisotopic (exact) mass is 379 g/mol. The van der Waals surface area contributed by atoms with Gasteiger partial charge in [0.2, 0.25) is 5.91 Å². The van der Waals surface area contributed by atoms with Gasteiger partial charge in [0.25, 0.3) is 5.56 Å². The van der Waals surface area contributed by atoms with Gasteiger partial charge in [0, 0.05) is 6.54 Å². The standard InChI is InChI=1S/C22H25N3O3/c1-4-12-24-21(27)18-13-15(2)10-11-19(18)25(22(24)28)14-20(26)23-16(3)17-8-6-5-7-9-17/h5-11,13,16H,4,12,14H2,1-3H3,(H,23,26)/t16-/m1/s1. The van der Waals surface area contributed by atoms with Gasteiger partial charge in [-0.2, -0.15) is 0 Å². The maximum Gasteiger partial charge on any atom is 0.331 e. The molecule has 6 nitrogen and oxygen atoms in total. The highest BCUT2D eigenvalue weighted by Crippen LogP contribution is 2.13. The Morgan fingerprint density at radius 2 is 1.79 bits per heavy atom. The quantitative estimate of drug-likeness (QED) is 0.716. The molecular weight excluding hydrogens is 354 g/mol. The Hall–Kier alpha value is -3.15. The third kappa shape index (κ3) is 3.91. The minimum Gasteiger partial charge on any atom is -0.348 e. The van der Waals surface area contributed by atoms with Crippen LogP contribution in [0.25, 0.3) is 10.9 Å². The molecule has 146 valence electrons. The third-order valence-corrected chi connectivity index (χ3v) is 4.81. The molecule has 0 aliphatic carbocycles. The van der Waals surface area contributed by atoms with E-state index < -0.39 is 5.69 Å². The molecule has 0 spiro atoms. The lowest BCUT2D eigenvalue weighted by atomic mass is 10.1. The molecule has 1 atom stereocenters. The lowest BCUT2D eigenvalue weighted by Crippen LogP contribution is -2.42. The van der Waals surface area contributed by atoms with Gasteiger partial charge in [0.15, 0.2) is 0 Å². The predicted octanol–water partition coefficient (Wildman–Crippen LogP) is 2.76. The van der Waals surface area contributed by atoms with Crippen molar-refractivity contribution in [3.05, 3.63) is 80.5 Å². The molecule has 0 aliphatic rings. The van der Waals surface area contributed by atoms with E-state index in [2.05, 4.69) is 5.32 Å². The van der Waals surface area contributed by atoms with Crippen LogP contribution in [0.1, 0.15) is 37.4 Å². The van der Waals surface area contributed by atoms with Crippen LogP contribution < -0.4 is 16.6 Å². The molecule has 2 aromatic carbocycles. The lowest BCUT2D eigenvalue weighted by molar-refractivity contribution is -0.122. The van der Waals surface area contributed by atoms with E-state index in [0.717, 1.165) is 11.1 Å². The average Bonchev–Trinajstić information content (AvgIpc) is 2.69. The van der Waals surface area contributed by atoms with E-state index in [1.165, 1.54) is 9.13 Å². The van der Waals surface area contributed by atoms with Gasteiger partial charge >= 0.3 is 5.69 Å². The molecule has 6 heteroatoms. The van der Waals surface area contributed by atoms with E-state index in [0.29, 0.717) is 23.9 Å². The number of aryl methyl sites for hydroxylation is 1. The van der Waals surface area contributed by atoms with Crippen molar-refractivity contribution in [2.75, 3.05) is 0 Å². The Labute approximate surface area is 163 Å². The zero-order valence-corrected chi connectivity index (χ0v) is 16.4. The first kappa shape index (κ1) is 19.6. The molecule has 1 heterocycles. The summed E-state index contributed by atoms with van der Waals surface area (Å²) in [6.07, 6.45) is 0.656. The zero-order valence-electron chi connectivity index (χ0n) is 16.4. The maximum atomic E-state index is 12.9. The first-order valence-electron chi connectivity index (χ1n) is 9.50. The van der Waals surface area contributed by atoms with Crippen molar-refractivity contribution >= 4 is 16.8 Å². The van der Waals surface area contributed by atoms with Gasteiger partial charge < -0.3 is 5.32 Å². The smallest absolute Gasteiger partial charge is 0.331 e. The molecule has 1 aromatic heterocycles. The van der Waals surface area contributed by atoms with Crippen molar-refractivity contribution in [3.63, 3.8) is 0 Å². The van der Waals surface area contributed by atoms with Gasteiger partial charge in [-0.05, 0) is 38.0 Å². The number of amides is 1. The zero-order chi connectivity index (χ0) is 20.3. The largest absolute Gasteiger partial charge is 0.348 e. The molecule has 0 unspecified atom stereocenters. The predicted molar refractivity (Wildman–Crippen MR) is 110 cm³/mol. The van der Waals surface area contributed by atoms with Crippen molar-refractivity contribution in [2.45, 2.75) is 46.3 Å². The molecule has 0 radical (unpaired) electrons. The molecule has 0 saturated heterocycles. The molecule has 1 N–H and O–H groups in total. The first-order valence-corrected chi connectivity index (χ1v) is 9.50. The van der Waals surface area contributed by atoms with Crippen LogP contribution >= 0.6 is 0 Å². The fourth-order valence-electron chi connectivity index (χ4n) is 3.37. The summed E-state index contributed by atoms with van der Waals surface area (Å²) in [7, 11) is 0. The SMILES string of the molecule is CCCn1c(=O)c2cc(C)ccc2n(CC(=O)N[C@H](C)c2ccccc2)c1=O. The molecular formula is C22H25N3O3. The number of nitrogens with one attached hydrogen (secondary N) is 1. The number of nitrogens with zero attached hydrogens (tertiary/aromatic N) is 2. The second-order valence-electron chi connectivity index (χ2n) is 7.05. The van der Waals surface area contributed by atoms with E-state index in [9.17, 15) is 14.4 Å². The van der Waals surface area contributed by atoms with Crippen molar-refractivity contribution in [1.29, 1.82) is 0 Å². The minimum atomic E-state index is -0.453. The fraction of sp³-hybridized carbons (Fsp3) is 0.318. The molecule has 0 fully saturated rings. The highest BCUT2D eigenvalue weighted by Gasteiger charge is 2.16. The topological polar surface area (TPSA) is 73.1 Å². The Morgan fingerprint density at radius 1 is 1.07 bits per heavy atom. The normalized spacial score (nSPS) is 12.1. The van der Waals surface area contributed by atoms with Crippen LogP contribution in [0.4, 0.5) is 0 Å². The van der Waals surface area contributed by atoms with Gasteiger partial charge in [-0.1, -0.05) is 48.9 Å². The van der Waals surface area contributed by atoms with Gasteiger partial charge in [0.05, 0.1) is 16.9 Å². The fourth-order valence-corrected chi connectivity index (χ4v) is 3.37. The number of hydrogen-bond acceptors (Lipinski definition) is 3. The Morgan fingerprint density at radius 3 is 2.46 bits per heavy atom. The van der Waals surface area contributed by atoms with E-state index in [-0.39, 0.29) is 24.1 Å². The second kappa shape index (κ2) is 8.25. The molecule has 0 aliphatic heterocycles. The van der Waals surface area contributed by atoms with Crippen LogP contribution in [-0.4, -0.2) is 15.0 Å².